The van der Waals surface area contributed by atoms with Crippen molar-refractivity contribution in [3.8, 4) is 0 Å². The molecular weight excluding hydrogens is 278 g/mol. The number of hydrogen-bond acceptors (Lipinski definition) is 4. The molecule has 0 bridgehead atoms. The number of hydrogen-bond donors (Lipinski definition) is 1. The van der Waals surface area contributed by atoms with E-state index in [-0.39, 0.29) is 26.3 Å². The molecule has 0 saturated carbocycles. The van der Waals surface area contributed by atoms with Crippen molar-refractivity contribution in [1.29, 1.82) is 0 Å². The van der Waals surface area contributed by atoms with Gasteiger partial charge in [-0.15, -0.1) is 0 Å². The van der Waals surface area contributed by atoms with Gasteiger partial charge in [0.1, 0.15) is 16.5 Å². The molecule has 1 atom stereocenters. The molecule has 1 saturated heterocycles. The van der Waals surface area contributed by atoms with Crippen molar-refractivity contribution in [3.05, 3.63) is 29.8 Å². The fourth-order valence-corrected chi connectivity index (χ4v) is 3.60. The van der Waals surface area contributed by atoms with E-state index in [0.29, 0.717) is 6.07 Å². The summed E-state index contributed by atoms with van der Waals surface area (Å²) in [5.74, 6) is -1.93. The van der Waals surface area contributed by atoms with E-state index in [2.05, 4.69) is 0 Å². The third-order valence-electron chi connectivity index (χ3n) is 2.93. The first-order chi connectivity index (χ1) is 8.96. The maximum Gasteiger partial charge on any atom is 0.246 e. The normalized spacial score (nSPS) is 21.5. The number of ether oxygens (including phenoxy) is 1. The molecule has 0 amide bonds. The minimum atomic E-state index is -4.04. The van der Waals surface area contributed by atoms with Crippen molar-refractivity contribution in [2.24, 2.45) is 5.73 Å². The quantitative estimate of drug-likeness (QED) is 0.870. The first kappa shape index (κ1) is 14.3. The largest absolute Gasteiger partial charge is 0.378 e. The van der Waals surface area contributed by atoms with Gasteiger partial charge in [0.25, 0.3) is 0 Å². The van der Waals surface area contributed by atoms with Crippen molar-refractivity contribution in [2.75, 3.05) is 26.3 Å². The molecule has 0 aromatic heterocycles. The van der Waals surface area contributed by atoms with Gasteiger partial charge < -0.3 is 10.5 Å². The van der Waals surface area contributed by atoms with E-state index in [1.165, 1.54) is 0 Å². The van der Waals surface area contributed by atoms with E-state index in [0.717, 1.165) is 16.4 Å². The molecule has 0 radical (unpaired) electrons. The second-order valence-electron chi connectivity index (χ2n) is 4.15. The van der Waals surface area contributed by atoms with Crippen LogP contribution in [-0.2, 0) is 14.8 Å². The summed E-state index contributed by atoms with van der Waals surface area (Å²) < 4.78 is 57.4. The van der Waals surface area contributed by atoms with E-state index in [9.17, 15) is 17.2 Å². The number of nitrogens with two attached hydrogens (primary N) is 1. The third kappa shape index (κ3) is 2.76. The second kappa shape index (κ2) is 5.49. The molecule has 5 nitrogen and oxygen atoms in total. The molecule has 1 fully saturated rings. The second-order valence-corrected chi connectivity index (χ2v) is 6.01. The Hall–Kier alpha value is -1.09. The lowest BCUT2D eigenvalue weighted by Gasteiger charge is -2.33. The average Bonchev–Trinajstić information content (AvgIpc) is 2.38. The zero-order valence-electron chi connectivity index (χ0n) is 10.1. The van der Waals surface area contributed by atoms with E-state index in [1.807, 2.05) is 0 Å². The van der Waals surface area contributed by atoms with Crippen LogP contribution in [0.5, 0.6) is 0 Å². The van der Waals surface area contributed by atoms with Crippen LogP contribution in [0.4, 0.5) is 8.78 Å². The molecule has 106 valence electrons. The summed E-state index contributed by atoms with van der Waals surface area (Å²) in [6.45, 7) is 0.556. The van der Waals surface area contributed by atoms with Crippen molar-refractivity contribution in [1.82, 2.24) is 4.31 Å². The molecule has 1 unspecified atom stereocenters. The number of nitrogens with zero attached hydrogens (tertiary/aromatic N) is 1. The zero-order valence-corrected chi connectivity index (χ0v) is 10.9. The van der Waals surface area contributed by atoms with E-state index >= 15 is 0 Å². The Bertz CT molecular complexity index is 565. The maximum atomic E-state index is 13.6. The fraction of sp³-hybridized carbons (Fsp3) is 0.455. The number of halogens is 2. The molecule has 2 rings (SSSR count). The Balaban J connectivity index is 2.40. The minimum absolute atomic E-state index is 0.0715. The number of morpholine rings is 1. The monoisotopic (exact) mass is 292 g/mol. The van der Waals surface area contributed by atoms with Crippen LogP contribution >= 0.6 is 0 Å². The number of benzene rings is 1. The molecular formula is C11H14F2N2O3S. The number of sulfonamides is 1. The topological polar surface area (TPSA) is 72.6 Å². The van der Waals surface area contributed by atoms with Crippen molar-refractivity contribution < 1.29 is 21.9 Å². The Morgan fingerprint density at radius 1 is 1.42 bits per heavy atom. The van der Waals surface area contributed by atoms with Crippen molar-refractivity contribution in [2.45, 2.75) is 10.9 Å². The van der Waals surface area contributed by atoms with E-state index < -0.39 is 32.6 Å². The van der Waals surface area contributed by atoms with Gasteiger partial charge in [-0.2, -0.15) is 4.31 Å². The van der Waals surface area contributed by atoms with Gasteiger partial charge in [-0.1, -0.05) is 0 Å². The Morgan fingerprint density at radius 2 is 2.16 bits per heavy atom. The van der Waals surface area contributed by atoms with Gasteiger partial charge in [-0.25, -0.2) is 17.2 Å². The summed E-state index contributed by atoms with van der Waals surface area (Å²) in [7, 11) is -4.04. The van der Waals surface area contributed by atoms with Gasteiger partial charge in [-0.3, -0.25) is 0 Å². The highest BCUT2D eigenvalue weighted by Crippen LogP contribution is 2.23. The smallest absolute Gasteiger partial charge is 0.246 e. The lowest BCUT2D eigenvalue weighted by Crippen LogP contribution is -2.52. The van der Waals surface area contributed by atoms with Crippen LogP contribution in [0.25, 0.3) is 0 Å². The lowest BCUT2D eigenvalue weighted by atomic mass is 10.3. The molecule has 1 aromatic rings. The van der Waals surface area contributed by atoms with Gasteiger partial charge in [0.05, 0.1) is 19.3 Å². The SMILES string of the molecule is NCC1COCCN1S(=O)(=O)c1ccc(F)cc1F. The summed E-state index contributed by atoms with van der Waals surface area (Å²) in [6, 6.07) is 1.84. The summed E-state index contributed by atoms with van der Waals surface area (Å²) in [5, 5.41) is 0. The maximum absolute atomic E-state index is 13.6. The van der Waals surface area contributed by atoms with E-state index in [4.69, 9.17) is 10.5 Å². The van der Waals surface area contributed by atoms with E-state index in [1.54, 1.807) is 0 Å². The molecule has 1 aliphatic rings. The van der Waals surface area contributed by atoms with Crippen molar-refractivity contribution in [3.63, 3.8) is 0 Å². The summed E-state index contributed by atoms with van der Waals surface area (Å²) >= 11 is 0. The van der Waals surface area contributed by atoms with Crippen LogP contribution in [0.2, 0.25) is 0 Å². The first-order valence-electron chi connectivity index (χ1n) is 5.71. The number of rotatable bonds is 3. The fourth-order valence-electron chi connectivity index (χ4n) is 1.95. The summed E-state index contributed by atoms with van der Waals surface area (Å²) in [6.07, 6.45) is 0. The lowest BCUT2D eigenvalue weighted by molar-refractivity contribution is 0.0357. The predicted molar refractivity (Wildman–Crippen MR) is 63.9 cm³/mol. The highest BCUT2D eigenvalue weighted by atomic mass is 32.2. The molecule has 2 N–H and O–H groups in total. The third-order valence-corrected chi connectivity index (χ3v) is 4.91. The Morgan fingerprint density at radius 3 is 2.79 bits per heavy atom. The summed E-state index contributed by atoms with van der Waals surface area (Å²) in [4.78, 5) is -0.547. The predicted octanol–water partition coefficient (Wildman–Crippen LogP) is 0.313. The van der Waals surface area contributed by atoms with Gasteiger partial charge in [0.2, 0.25) is 10.0 Å². The van der Waals surface area contributed by atoms with Crippen molar-refractivity contribution >= 4 is 10.0 Å². The molecule has 0 spiro atoms. The highest BCUT2D eigenvalue weighted by molar-refractivity contribution is 7.89. The van der Waals surface area contributed by atoms with Crippen LogP contribution in [0, 0.1) is 11.6 Å². The van der Waals surface area contributed by atoms with Gasteiger partial charge in [0, 0.05) is 19.2 Å². The Kier molecular flexibility index (Phi) is 4.14. The van der Waals surface area contributed by atoms with Crippen LogP contribution in [-0.4, -0.2) is 45.1 Å². The van der Waals surface area contributed by atoms with Gasteiger partial charge >= 0.3 is 0 Å². The molecule has 8 heteroatoms. The van der Waals surface area contributed by atoms with Crippen LogP contribution < -0.4 is 5.73 Å². The summed E-state index contributed by atoms with van der Waals surface area (Å²) in [5.41, 5.74) is 5.49. The highest BCUT2D eigenvalue weighted by Gasteiger charge is 2.34. The molecule has 1 heterocycles. The minimum Gasteiger partial charge on any atom is -0.378 e. The molecule has 1 aliphatic heterocycles. The van der Waals surface area contributed by atoms with Gasteiger partial charge in [-0.05, 0) is 12.1 Å². The van der Waals surface area contributed by atoms with Crippen LogP contribution in [0.15, 0.2) is 23.1 Å². The zero-order chi connectivity index (χ0) is 14.0. The van der Waals surface area contributed by atoms with Crippen LogP contribution in [0.1, 0.15) is 0 Å². The van der Waals surface area contributed by atoms with Gasteiger partial charge in [0.15, 0.2) is 0 Å². The molecule has 19 heavy (non-hydrogen) atoms. The molecule has 0 aliphatic carbocycles. The first-order valence-corrected chi connectivity index (χ1v) is 7.15. The van der Waals surface area contributed by atoms with Crippen LogP contribution in [0.3, 0.4) is 0 Å². The molecule has 1 aromatic carbocycles. The standard InChI is InChI=1S/C11H14F2N2O3S/c12-8-1-2-11(10(13)5-8)19(16,17)15-3-4-18-7-9(15)6-14/h1-2,5,9H,3-4,6-7,14H2. The average molecular weight is 292 g/mol. The Labute approximate surface area is 110 Å².